The zero-order valence-electron chi connectivity index (χ0n) is 17.8. The Morgan fingerprint density at radius 1 is 1.16 bits per heavy atom. The molecular formula is C24H22ClN5O2. The fourth-order valence-corrected chi connectivity index (χ4v) is 3.86. The largest absolute Gasteiger partial charge is 0.339 e. The number of nitrogens with one attached hydrogen (secondary N) is 1. The Labute approximate surface area is 190 Å². The smallest absolute Gasteiger partial charge is 0.259 e. The van der Waals surface area contributed by atoms with Crippen molar-refractivity contribution in [2.24, 2.45) is 0 Å². The van der Waals surface area contributed by atoms with Crippen LogP contribution in [0.2, 0.25) is 5.02 Å². The standard InChI is InChI=1S/C24H22ClN5O2/c1-14-20(25)7-4-8-21(14)26-23(31)19-13-30(28-15(19)2)18-11-9-16(10-12-18)22-27-24(32-29-22)17-5-3-6-17/h4,7-13,17H,3,5-6H2,1-2H3,(H,26,31). The minimum atomic E-state index is -0.231. The van der Waals surface area contributed by atoms with Crippen molar-refractivity contribution in [2.45, 2.75) is 39.0 Å². The van der Waals surface area contributed by atoms with Crippen molar-refractivity contribution in [3.63, 3.8) is 0 Å². The molecule has 1 aliphatic carbocycles. The van der Waals surface area contributed by atoms with Crippen molar-refractivity contribution < 1.29 is 9.32 Å². The highest BCUT2D eigenvalue weighted by molar-refractivity contribution is 6.31. The first kappa shape index (κ1) is 20.5. The van der Waals surface area contributed by atoms with Crippen LogP contribution in [-0.2, 0) is 0 Å². The molecule has 32 heavy (non-hydrogen) atoms. The highest BCUT2D eigenvalue weighted by atomic mass is 35.5. The Kier molecular flexibility index (Phi) is 5.27. The maximum atomic E-state index is 12.8. The molecule has 0 saturated heterocycles. The number of nitrogens with zero attached hydrogens (tertiary/aromatic N) is 4. The van der Waals surface area contributed by atoms with Crippen LogP contribution in [0.1, 0.15) is 52.7 Å². The van der Waals surface area contributed by atoms with E-state index in [0.717, 1.165) is 35.5 Å². The second kappa shape index (κ2) is 8.24. The number of aromatic nitrogens is 4. The number of anilines is 1. The molecule has 1 fully saturated rings. The minimum Gasteiger partial charge on any atom is -0.339 e. The van der Waals surface area contributed by atoms with Gasteiger partial charge in [-0.15, -0.1) is 0 Å². The molecule has 1 aliphatic rings. The fourth-order valence-electron chi connectivity index (χ4n) is 3.68. The molecule has 4 aromatic rings. The lowest BCUT2D eigenvalue weighted by atomic mass is 9.85. The van der Waals surface area contributed by atoms with Gasteiger partial charge in [0.25, 0.3) is 5.91 Å². The Bertz CT molecular complexity index is 1290. The Morgan fingerprint density at radius 3 is 2.66 bits per heavy atom. The SMILES string of the molecule is Cc1nn(-c2ccc(-c3noc(C4CCC4)n3)cc2)cc1C(=O)Nc1cccc(Cl)c1C. The van der Waals surface area contributed by atoms with Crippen molar-refractivity contribution in [3.8, 4) is 17.1 Å². The molecule has 1 amide bonds. The van der Waals surface area contributed by atoms with E-state index in [1.54, 1.807) is 16.9 Å². The molecular weight excluding hydrogens is 426 g/mol. The van der Waals surface area contributed by atoms with Gasteiger partial charge in [0, 0.05) is 28.4 Å². The number of aryl methyl sites for hydroxylation is 1. The molecule has 1 saturated carbocycles. The summed E-state index contributed by atoms with van der Waals surface area (Å²) in [5.41, 5.74) is 4.34. The molecule has 0 aliphatic heterocycles. The van der Waals surface area contributed by atoms with Gasteiger partial charge in [-0.3, -0.25) is 4.79 Å². The van der Waals surface area contributed by atoms with E-state index in [4.69, 9.17) is 16.1 Å². The average Bonchev–Trinajstić information content (AvgIpc) is 3.37. The van der Waals surface area contributed by atoms with Gasteiger partial charge in [-0.05, 0) is 68.7 Å². The summed E-state index contributed by atoms with van der Waals surface area (Å²) in [6, 6.07) is 13.1. The molecule has 7 nitrogen and oxygen atoms in total. The van der Waals surface area contributed by atoms with Crippen LogP contribution >= 0.6 is 11.6 Å². The second-order valence-electron chi connectivity index (χ2n) is 8.07. The number of rotatable bonds is 5. The van der Waals surface area contributed by atoms with E-state index < -0.39 is 0 Å². The van der Waals surface area contributed by atoms with Gasteiger partial charge in [-0.1, -0.05) is 29.2 Å². The first-order valence-corrected chi connectivity index (χ1v) is 10.9. The number of benzene rings is 2. The van der Waals surface area contributed by atoms with E-state index in [1.165, 1.54) is 6.42 Å². The van der Waals surface area contributed by atoms with Crippen LogP contribution in [-0.4, -0.2) is 25.8 Å². The predicted molar refractivity (Wildman–Crippen MR) is 122 cm³/mol. The summed E-state index contributed by atoms with van der Waals surface area (Å²) in [5, 5.41) is 12.2. The minimum absolute atomic E-state index is 0.231. The summed E-state index contributed by atoms with van der Waals surface area (Å²) in [6.45, 7) is 3.68. The number of amides is 1. The first-order chi connectivity index (χ1) is 15.5. The van der Waals surface area contributed by atoms with Gasteiger partial charge in [0.15, 0.2) is 0 Å². The molecule has 0 bridgehead atoms. The van der Waals surface area contributed by atoms with E-state index in [9.17, 15) is 4.79 Å². The number of hydrogen-bond acceptors (Lipinski definition) is 5. The summed E-state index contributed by atoms with van der Waals surface area (Å²) in [4.78, 5) is 17.4. The third-order valence-corrected chi connectivity index (χ3v) is 6.36. The van der Waals surface area contributed by atoms with Crippen molar-refractivity contribution in [1.82, 2.24) is 19.9 Å². The van der Waals surface area contributed by atoms with E-state index in [0.29, 0.717) is 33.7 Å². The van der Waals surface area contributed by atoms with Gasteiger partial charge >= 0.3 is 0 Å². The summed E-state index contributed by atoms with van der Waals surface area (Å²) in [6.07, 6.45) is 5.18. The number of carbonyl (C=O) groups is 1. The maximum absolute atomic E-state index is 12.8. The molecule has 0 spiro atoms. The zero-order valence-corrected chi connectivity index (χ0v) is 18.6. The van der Waals surface area contributed by atoms with Crippen molar-refractivity contribution in [3.05, 3.63) is 76.4 Å². The van der Waals surface area contributed by atoms with Gasteiger partial charge in [-0.2, -0.15) is 10.1 Å². The van der Waals surface area contributed by atoms with Crippen LogP contribution < -0.4 is 5.32 Å². The van der Waals surface area contributed by atoms with E-state index in [2.05, 4.69) is 20.6 Å². The number of hydrogen-bond donors (Lipinski definition) is 1. The summed E-state index contributed by atoms with van der Waals surface area (Å²) in [5.74, 6) is 1.49. The summed E-state index contributed by atoms with van der Waals surface area (Å²) < 4.78 is 7.11. The van der Waals surface area contributed by atoms with E-state index >= 15 is 0 Å². The average molecular weight is 448 g/mol. The van der Waals surface area contributed by atoms with Crippen LogP contribution in [0.15, 0.2) is 53.2 Å². The molecule has 5 rings (SSSR count). The zero-order chi connectivity index (χ0) is 22.2. The molecule has 1 N–H and O–H groups in total. The third-order valence-electron chi connectivity index (χ3n) is 5.95. The highest BCUT2D eigenvalue weighted by Crippen LogP contribution is 2.36. The normalized spacial score (nSPS) is 13.7. The molecule has 0 atom stereocenters. The fraction of sp³-hybridized carbons (Fsp3) is 0.250. The summed E-state index contributed by atoms with van der Waals surface area (Å²) in [7, 11) is 0. The monoisotopic (exact) mass is 447 g/mol. The first-order valence-electron chi connectivity index (χ1n) is 10.6. The lowest BCUT2D eigenvalue weighted by molar-refractivity contribution is 0.102. The highest BCUT2D eigenvalue weighted by Gasteiger charge is 2.25. The Balaban J connectivity index is 1.34. The molecule has 0 unspecified atom stereocenters. The van der Waals surface area contributed by atoms with Crippen LogP contribution in [0, 0.1) is 13.8 Å². The van der Waals surface area contributed by atoms with Gasteiger partial charge < -0.3 is 9.84 Å². The second-order valence-corrected chi connectivity index (χ2v) is 8.48. The summed E-state index contributed by atoms with van der Waals surface area (Å²) >= 11 is 6.16. The maximum Gasteiger partial charge on any atom is 0.259 e. The number of carbonyl (C=O) groups excluding carboxylic acids is 1. The molecule has 2 aromatic carbocycles. The van der Waals surface area contributed by atoms with Gasteiger partial charge in [0.2, 0.25) is 11.7 Å². The van der Waals surface area contributed by atoms with Crippen molar-refractivity contribution in [1.29, 1.82) is 0 Å². The van der Waals surface area contributed by atoms with Gasteiger partial charge in [-0.25, -0.2) is 4.68 Å². The van der Waals surface area contributed by atoms with E-state index in [-0.39, 0.29) is 5.91 Å². The van der Waals surface area contributed by atoms with Crippen LogP contribution in [0.3, 0.4) is 0 Å². The lowest BCUT2D eigenvalue weighted by Crippen LogP contribution is -2.13. The Hall–Kier alpha value is -3.45. The molecule has 2 heterocycles. The van der Waals surface area contributed by atoms with Gasteiger partial charge in [0.1, 0.15) is 0 Å². The molecule has 2 aromatic heterocycles. The van der Waals surface area contributed by atoms with Crippen molar-refractivity contribution in [2.75, 3.05) is 5.32 Å². The number of halogens is 1. The van der Waals surface area contributed by atoms with Crippen LogP contribution in [0.25, 0.3) is 17.1 Å². The van der Waals surface area contributed by atoms with E-state index in [1.807, 2.05) is 50.2 Å². The molecule has 0 radical (unpaired) electrons. The molecule has 162 valence electrons. The van der Waals surface area contributed by atoms with Crippen molar-refractivity contribution >= 4 is 23.2 Å². The van der Waals surface area contributed by atoms with Gasteiger partial charge in [0.05, 0.1) is 16.9 Å². The predicted octanol–water partition coefficient (Wildman–Crippen LogP) is 5.71. The lowest BCUT2D eigenvalue weighted by Gasteiger charge is -2.20. The van der Waals surface area contributed by atoms with Crippen LogP contribution in [0.4, 0.5) is 5.69 Å². The third kappa shape index (κ3) is 3.80. The quantitative estimate of drug-likeness (QED) is 0.423. The Morgan fingerprint density at radius 2 is 1.94 bits per heavy atom. The topological polar surface area (TPSA) is 85.8 Å². The molecule has 8 heteroatoms. The van der Waals surface area contributed by atoms with Crippen LogP contribution in [0.5, 0.6) is 0 Å².